The molecule has 1 radical (unpaired) electrons. The first-order valence-electron chi connectivity index (χ1n) is 3.51. The molecule has 0 bridgehead atoms. The molecule has 1 N–H and O–H groups in total. The molecular formula is C10H8O2Y-2. The van der Waals surface area contributed by atoms with Gasteiger partial charge in [0.25, 0.3) is 0 Å². The van der Waals surface area contributed by atoms with Crippen molar-refractivity contribution in [1.29, 1.82) is 0 Å². The Bertz CT molecular complexity index is 304. The zero-order valence-corrected chi connectivity index (χ0v) is 10.1. The summed E-state index contributed by atoms with van der Waals surface area (Å²) >= 11 is 0. The molecule has 0 atom stereocenters. The van der Waals surface area contributed by atoms with E-state index in [4.69, 9.17) is 5.11 Å². The maximum Gasteiger partial charge on any atom is 0.226 e. The Morgan fingerprint density at radius 2 is 2.23 bits per heavy atom. The molecule has 65 valence electrons. The van der Waals surface area contributed by atoms with Crippen LogP contribution in [0.3, 0.4) is 0 Å². The van der Waals surface area contributed by atoms with Crippen molar-refractivity contribution in [3.05, 3.63) is 42.0 Å². The fraction of sp³-hybridized carbons (Fsp3) is 0.100. The van der Waals surface area contributed by atoms with E-state index < -0.39 is 5.97 Å². The van der Waals surface area contributed by atoms with Crippen molar-refractivity contribution in [3.63, 3.8) is 0 Å². The average molecular weight is 249 g/mol. The molecule has 13 heavy (non-hydrogen) atoms. The summed E-state index contributed by atoms with van der Waals surface area (Å²) < 4.78 is 0. The summed E-state index contributed by atoms with van der Waals surface area (Å²) in [6.07, 6.45) is 2.26. The van der Waals surface area contributed by atoms with E-state index >= 15 is 0 Å². The van der Waals surface area contributed by atoms with Gasteiger partial charge in [-0.3, -0.25) is 10.4 Å². The summed E-state index contributed by atoms with van der Waals surface area (Å²) in [7, 11) is 0. The molecule has 1 aromatic rings. The van der Waals surface area contributed by atoms with Crippen molar-refractivity contribution in [2.75, 3.05) is 0 Å². The Balaban J connectivity index is 0.00000144. The second kappa shape index (κ2) is 6.06. The molecule has 0 unspecified atom stereocenters. The number of rotatable bonds is 2. The fourth-order valence-electron chi connectivity index (χ4n) is 0.854. The SMILES string of the molecule is CC(=[C-]C(=O)O)c1[c-]cccc1.[Y]. The molecule has 0 aromatic heterocycles. The van der Waals surface area contributed by atoms with E-state index in [1.54, 1.807) is 19.1 Å². The van der Waals surface area contributed by atoms with Crippen LogP contribution >= 0.6 is 0 Å². The number of allylic oxidation sites excluding steroid dienone is 1. The molecule has 2 nitrogen and oxygen atoms in total. The number of carboxylic acids is 1. The van der Waals surface area contributed by atoms with Crippen LogP contribution in [0.15, 0.2) is 24.3 Å². The summed E-state index contributed by atoms with van der Waals surface area (Å²) in [6, 6.07) is 10.1. The molecule has 1 aromatic carbocycles. The van der Waals surface area contributed by atoms with E-state index in [0.717, 1.165) is 5.56 Å². The molecule has 0 spiro atoms. The number of benzene rings is 1. The number of carbonyl (C=O) groups is 1. The van der Waals surface area contributed by atoms with Gasteiger partial charge in [-0.2, -0.15) is 12.1 Å². The van der Waals surface area contributed by atoms with E-state index in [1.807, 2.05) is 12.1 Å². The molecule has 0 saturated heterocycles. The van der Waals surface area contributed by atoms with E-state index in [-0.39, 0.29) is 32.7 Å². The minimum Gasteiger partial charge on any atom is -0.493 e. The van der Waals surface area contributed by atoms with Crippen molar-refractivity contribution < 1.29 is 42.6 Å². The van der Waals surface area contributed by atoms with Gasteiger partial charge in [0.15, 0.2) is 0 Å². The third kappa shape index (κ3) is 4.34. The number of carboxylic acid groups (broad SMARTS) is 1. The van der Waals surface area contributed by atoms with E-state index in [0.29, 0.717) is 5.57 Å². The summed E-state index contributed by atoms with van der Waals surface area (Å²) in [5.74, 6) is -1.05. The van der Waals surface area contributed by atoms with Crippen molar-refractivity contribution in [3.8, 4) is 0 Å². The first-order valence-corrected chi connectivity index (χ1v) is 3.51. The van der Waals surface area contributed by atoms with E-state index in [9.17, 15) is 4.79 Å². The van der Waals surface area contributed by atoms with Gasteiger partial charge in [-0.25, -0.2) is 18.2 Å². The van der Waals surface area contributed by atoms with Gasteiger partial charge in [-0.05, 0) is 0 Å². The van der Waals surface area contributed by atoms with Crippen LogP contribution in [0.2, 0.25) is 0 Å². The summed E-state index contributed by atoms with van der Waals surface area (Å²) in [4.78, 5) is 10.2. The monoisotopic (exact) mass is 249 g/mol. The fourth-order valence-corrected chi connectivity index (χ4v) is 0.854. The molecule has 3 heteroatoms. The van der Waals surface area contributed by atoms with Crippen LogP contribution in [0.4, 0.5) is 0 Å². The van der Waals surface area contributed by atoms with Gasteiger partial charge in [0.2, 0.25) is 5.97 Å². The van der Waals surface area contributed by atoms with Crippen LogP contribution in [0, 0.1) is 12.1 Å². The molecule has 1 rings (SSSR count). The Labute approximate surface area is 103 Å². The minimum atomic E-state index is -1.05. The van der Waals surface area contributed by atoms with Gasteiger partial charge in [0, 0.05) is 32.7 Å². The zero-order chi connectivity index (χ0) is 8.97. The van der Waals surface area contributed by atoms with Crippen LogP contribution in [0.5, 0.6) is 0 Å². The predicted octanol–water partition coefficient (Wildman–Crippen LogP) is 1.78. The molecule has 0 aliphatic rings. The minimum absolute atomic E-state index is 0. The van der Waals surface area contributed by atoms with Crippen molar-refractivity contribution in [2.45, 2.75) is 6.92 Å². The Hall–Kier alpha value is -0.466. The van der Waals surface area contributed by atoms with E-state index in [2.05, 4.69) is 12.1 Å². The maximum absolute atomic E-state index is 10.2. The second-order valence-corrected chi connectivity index (χ2v) is 2.33. The quantitative estimate of drug-likeness (QED) is 0.640. The van der Waals surface area contributed by atoms with Crippen LogP contribution < -0.4 is 0 Å². The number of hydrogen-bond acceptors (Lipinski definition) is 1. The van der Waals surface area contributed by atoms with Crippen molar-refractivity contribution >= 4 is 11.5 Å². The largest absolute Gasteiger partial charge is 0.493 e. The normalized spacial score (nSPS) is 10.4. The van der Waals surface area contributed by atoms with E-state index in [1.165, 1.54) is 0 Å². The average Bonchev–Trinajstić information content (AvgIpc) is 2.05. The van der Waals surface area contributed by atoms with Crippen LogP contribution in [-0.2, 0) is 37.5 Å². The summed E-state index contributed by atoms with van der Waals surface area (Å²) in [5, 5.41) is 8.40. The number of hydrogen-bond donors (Lipinski definition) is 1. The third-order valence-electron chi connectivity index (χ3n) is 1.41. The van der Waals surface area contributed by atoms with Crippen molar-refractivity contribution in [1.82, 2.24) is 0 Å². The smallest absolute Gasteiger partial charge is 0.226 e. The summed E-state index contributed by atoms with van der Waals surface area (Å²) in [5.41, 5.74) is 1.35. The predicted molar refractivity (Wildman–Crippen MR) is 45.2 cm³/mol. The molecule has 0 heterocycles. The molecule has 0 fully saturated rings. The van der Waals surface area contributed by atoms with Crippen LogP contribution in [0.25, 0.3) is 5.57 Å². The van der Waals surface area contributed by atoms with Crippen LogP contribution in [0.1, 0.15) is 12.5 Å². The van der Waals surface area contributed by atoms with Crippen LogP contribution in [-0.4, -0.2) is 11.1 Å². The number of aliphatic carboxylic acids is 1. The van der Waals surface area contributed by atoms with Gasteiger partial charge in [0.1, 0.15) is 0 Å². The van der Waals surface area contributed by atoms with Gasteiger partial charge in [-0.15, -0.1) is 13.0 Å². The molecule has 0 saturated carbocycles. The van der Waals surface area contributed by atoms with Gasteiger partial charge >= 0.3 is 0 Å². The Morgan fingerprint density at radius 1 is 1.54 bits per heavy atom. The second-order valence-electron chi connectivity index (χ2n) is 2.33. The summed E-state index contributed by atoms with van der Waals surface area (Å²) in [6.45, 7) is 1.69. The van der Waals surface area contributed by atoms with Crippen molar-refractivity contribution in [2.24, 2.45) is 0 Å². The first kappa shape index (κ1) is 12.5. The molecule has 0 aliphatic heterocycles. The maximum atomic E-state index is 10.2. The van der Waals surface area contributed by atoms with Gasteiger partial charge in [0.05, 0.1) is 0 Å². The molecule has 0 aliphatic carbocycles. The standard InChI is InChI=1S/C10H8O2.Y/c1-8(7-10(11)12)9-5-3-2-4-6-9;/h2-5H,1H3,(H,11,12);/q-2;. The molecule has 0 amide bonds. The van der Waals surface area contributed by atoms with Gasteiger partial charge < -0.3 is 10.7 Å². The third-order valence-corrected chi connectivity index (χ3v) is 1.41. The first-order chi connectivity index (χ1) is 5.70. The van der Waals surface area contributed by atoms with Gasteiger partial charge in [-0.1, -0.05) is 0 Å². The Morgan fingerprint density at radius 3 is 2.69 bits per heavy atom. The molecular weight excluding hydrogens is 241 g/mol. The zero-order valence-electron chi connectivity index (χ0n) is 7.24. The Kier molecular flexibility index (Phi) is 5.84. The topological polar surface area (TPSA) is 37.3 Å².